The maximum absolute atomic E-state index is 13.1. The number of hydrogen-bond acceptors (Lipinski definition) is 52. The van der Waals surface area contributed by atoms with Crippen molar-refractivity contribution >= 4 is 35.4 Å². The Morgan fingerprint density at radius 1 is 0.318 bits per heavy atom. The fraction of sp³-hybridized carbons (Fsp3) is 0.867. The number of carbonyl (C=O) groups excluding carboxylic acids is 5. The van der Waals surface area contributed by atoms with Gasteiger partial charge in [0.15, 0.2) is 56.6 Å². The van der Waals surface area contributed by atoms with Crippen molar-refractivity contribution < 1.29 is 247 Å². The zero-order chi connectivity index (χ0) is 97.0. The number of ether oxygens (including phenoxy) is 18. The van der Waals surface area contributed by atoms with Crippen molar-refractivity contribution in [2.24, 2.45) is 0 Å². The number of pyridine rings is 1. The molecule has 0 bridgehead atoms. The van der Waals surface area contributed by atoms with Crippen LogP contribution in [0.3, 0.4) is 0 Å². The highest BCUT2D eigenvalue weighted by molar-refractivity contribution is 5.75. The average molecular weight is 1920 g/mol. The van der Waals surface area contributed by atoms with E-state index in [0.717, 1.165) is 34.6 Å². The van der Waals surface area contributed by atoms with Gasteiger partial charge in [-0.3, -0.25) is 24.0 Å². The molecule has 0 spiro atoms. The predicted octanol–water partition coefficient (Wildman–Crippen LogP) is -20.9. The summed E-state index contributed by atoms with van der Waals surface area (Å²) < 4.78 is 106. The van der Waals surface area contributed by atoms with E-state index in [-0.39, 0.29) is 12.4 Å². The first-order valence-corrected chi connectivity index (χ1v) is 42.1. The number of aliphatic hydroxyl groups is 27. The fourth-order valence-electron chi connectivity index (χ4n) is 16.8. The molecule has 9 saturated heterocycles. The molecule has 49 atom stereocenters. The number of aromatic nitrogens is 1. The number of aliphatic hydroxyl groups excluding tert-OH is 27. The van der Waals surface area contributed by atoms with Crippen molar-refractivity contribution in [1.29, 1.82) is 0 Å². The third-order valence-corrected chi connectivity index (χ3v) is 23.5. The summed E-state index contributed by atoms with van der Waals surface area (Å²) in [6.45, 7) is -6.62. The Bertz CT molecular complexity index is 3730. The maximum Gasteiger partial charge on any atom is 0.217 e. The molecule has 33 N–H and O–H groups in total. The van der Waals surface area contributed by atoms with Gasteiger partial charge in [-0.1, -0.05) is 6.07 Å². The van der Waals surface area contributed by atoms with Crippen molar-refractivity contribution in [3.63, 3.8) is 0 Å². The Kier molecular flexibility index (Phi) is 40.2. The van der Waals surface area contributed by atoms with E-state index in [9.17, 15) is 162 Å². The molecular weight excluding hydrogens is 1800 g/mol. The molecule has 57 nitrogen and oxygen atoms in total. The van der Waals surface area contributed by atoms with Gasteiger partial charge in [0, 0.05) is 47.4 Å². The number of hydrogen-bond donors (Lipinski definition) is 33. The minimum Gasteiger partial charge on any atom is -0.394 e. The summed E-state index contributed by atoms with van der Waals surface area (Å²) in [7, 11) is 0. The van der Waals surface area contributed by atoms with Crippen LogP contribution in [-0.4, -0.2) is 545 Å². The fourth-order valence-corrected chi connectivity index (χ4v) is 16.8. The third-order valence-electron chi connectivity index (χ3n) is 23.5. The highest BCUT2D eigenvalue weighted by Crippen LogP contribution is 2.41. The lowest BCUT2D eigenvalue weighted by molar-refractivity contribution is -0.390. The van der Waals surface area contributed by atoms with Gasteiger partial charge in [0.05, 0.1) is 72.1 Å². The number of carbonyl (C=O) groups is 5. The summed E-state index contributed by atoms with van der Waals surface area (Å²) in [5.74, 6) is -4.20. The molecule has 0 saturated carbocycles. The second kappa shape index (κ2) is 48.9. The number of amides is 5. The summed E-state index contributed by atoms with van der Waals surface area (Å²) in [6, 6.07) is -4.32. The quantitative estimate of drug-likeness (QED) is 0.0291. The Hall–Kier alpha value is -5.50. The molecule has 10 rings (SSSR count). The second-order valence-corrected chi connectivity index (χ2v) is 32.8. The Morgan fingerprint density at radius 2 is 0.583 bits per heavy atom. The Morgan fingerprint density at radius 3 is 0.848 bits per heavy atom. The van der Waals surface area contributed by atoms with Gasteiger partial charge in [0.25, 0.3) is 0 Å². The van der Waals surface area contributed by atoms with Gasteiger partial charge in [-0.05, 0) is 12.1 Å². The third kappa shape index (κ3) is 25.0. The minimum absolute atomic E-state index is 0.273. The monoisotopic (exact) mass is 1920 g/mol. The SMILES string of the molecule is CC(=O)N[C@H]1[C@H](O[C@H]2[C@@H](O)[C@@H](CO)O[C@@H](O[C@H]3[C@H](O)[C@@H](NC(C)=O)[C@H](O[C@H]4[C@@H](O)[C@@H](CO)O[C@@H](O[C@H]5[C@H](O)[C@@H](NC(C)=O)[C@H](O[C@H]6[C@@H](O)[C@@H](CO)O[C@@H](O[C@H]7[C@H](O)[C@@H](NC(C)=O)[C@H](O[C@H]8[C@@H](O)[C@@H](CO)O[C@@H](O[C@@H]([C@H](O)[C@H](CNc9ccccn9)NC(C)=O)[C@H](O)CO)[C@@H]8O)O[C@@H]7CO)[C@@H]6O)O[C@@H]5CO)[C@@H]4O)O[C@@H]3CO)[C@@H]2O)O[C@H](CO)[C@@H](O[C@@H]2O[C@H](CO)[C@H](O)[C@H](O)[C@H]2O)[C@@H]1O. The van der Waals surface area contributed by atoms with Crippen LogP contribution in [-0.2, 0) is 109 Å². The Labute approximate surface area is 749 Å². The van der Waals surface area contributed by atoms with Crippen LogP contribution >= 0.6 is 0 Å². The van der Waals surface area contributed by atoms with Gasteiger partial charge in [-0.2, -0.15) is 0 Å². The lowest BCUT2D eigenvalue weighted by atomic mass is 9.93. The van der Waals surface area contributed by atoms with E-state index in [1.54, 1.807) is 18.2 Å². The molecule has 9 fully saturated rings. The smallest absolute Gasteiger partial charge is 0.217 e. The molecule has 57 heteroatoms. The van der Waals surface area contributed by atoms with Gasteiger partial charge < -0.3 is 255 Å². The average Bonchev–Trinajstić information content (AvgIpc) is 0.767. The highest BCUT2D eigenvalue weighted by atomic mass is 16.8. The number of rotatable bonds is 39. The van der Waals surface area contributed by atoms with E-state index < -0.39 is 396 Å². The van der Waals surface area contributed by atoms with Gasteiger partial charge in [-0.15, -0.1) is 0 Å². The normalized spacial score (nSPS) is 44.2. The van der Waals surface area contributed by atoms with Crippen LogP contribution in [0.2, 0.25) is 0 Å². The molecule has 9 aliphatic rings. The van der Waals surface area contributed by atoms with E-state index in [1.807, 2.05) is 0 Å². The van der Waals surface area contributed by atoms with Crippen LogP contribution in [0.5, 0.6) is 0 Å². The first-order chi connectivity index (χ1) is 62.7. The summed E-state index contributed by atoms with van der Waals surface area (Å²) >= 11 is 0. The van der Waals surface area contributed by atoms with E-state index in [4.69, 9.17) is 85.3 Å². The first kappa shape index (κ1) is 109. The van der Waals surface area contributed by atoms with E-state index in [0.29, 0.717) is 0 Å². The summed E-state index contributed by atoms with van der Waals surface area (Å²) in [5.41, 5.74) is 0. The molecule has 1 aromatic rings. The van der Waals surface area contributed by atoms with Gasteiger partial charge >= 0.3 is 0 Å². The predicted molar refractivity (Wildman–Crippen MR) is 416 cm³/mol. The summed E-state index contributed by atoms with van der Waals surface area (Å²) in [6.07, 6.45) is -89.7. The van der Waals surface area contributed by atoms with Crippen LogP contribution in [0.25, 0.3) is 0 Å². The second-order valence-electron chi connectivity index (χ2n) is 32.8. The number of nitrogens with one attached hydrogen (secondary N) is 6. The molecule has 132 heavy (non-hydrogen) atoms. The molecule has 0 aromatic carbocycles. The van der Waals surface area contributed by atoms with Gasteiger partial charge in [0.1, 0.15) is 244 Å². The van der Waals surface area contributed by atoms with Crippen LogP contribution < -0.4 is 31.9 Å². The van der Waals surface area contributed by atoms with Crippen molar-refractivity contribution in [3.05, 3.63) is 24.4 Å². The molecule has 0 unspecified atom stereocenters. The molecule has 9 aliphatic heterocycles. The largest absolute Gasteiger partial charge is 0.394 e. The first-order valence-electron chi connectivity index (χ1n) is 42.1. The van der Waals surface area contributed by atoms with Crippen LogP contribution in [0.4, 0.5) is 5.82 Å². The van der Waals surface area contributed by atoms with Crippen molar-refractivity contribution in [3.8, 4) is 0 Å². The van der Waals surface area contributed by atoms with E-state index in [1.165, 1.54) is 6.20 Å². The van der Waals surface area contributed by atoms with Crippen LogP contribution in [0.15, 0.2) is 24.4 Å². The summed E-state index contributed by atoms with van der Waals surface area (Å²) in [4.78, 5) is 68.4. The number of nitrogens with zero attached hydrogens (tertiary/aromatic N) is 1. The molecule has 758 valence electrons. The van der Waals surface area contributed by atoms with E-state index in [2.05, 4.69) is 36.9 Å². The van der Waals surface area contributed by atoms with Crippen LogP contribution in [0, 0.1) is 0 Å². The Balaban J connectivity index is 0.821. The molecule has 10 heterocycles. The molecule has 0 radical (unpaired) electrons. The van der Waals surface area contributed by atoms with Crippen molar-refractivity contribution in [2.45, 2.75) is 335 Å². The molecule has 5 amide bonds. The minimum atomic E-state index is -2.41. The lowest BCUT2D eigenvalue weighted by Crippen LogP contribution is -2.71. The molecular formula is C75H123N7O50. The maximum atomic E-state index is 13.1. The van der Waals surface area contributed by atoms with Crippen molar-refractivity contribution in [2.75, 3.05) is 77.9 Å². The zero-order valence-electron chi connectivity index (χ0n) is 71.3. The molecule has 0 aliphatic carbocycles. The molecule has 1 aromatic heterocycles. The standard InChI is InChI=1S/C75H123N7O50/c1-21(93)78-26(10-77-37-8-6-7-9-76-37)42(99)58(27(98)11-83)124-72-54(111)63(44(101)29(13-85)116-72)129-68-39(80-23(3)95)49(106)60(34(18-90)121-68)126-74-56(113)65(46(103)31(15-87)118-74)131-70-41(82-25(5)97)51(108)62(36(20-92)123-70)128-75-57(114)66(47(104)32(16-88)119-75)132-69-40(81-24(4)96)50(107)61(35(19-91)122-69)127-73-55(112)64(45(102)30(14-86)117-73)130-67-38(79-22(2)94)48(105)59(33(17-89)120-67)125-71-53(110)52(109)43(100)28(12-84)115-71/h6-9,26-36,38-75,83-92,98-114H,10-20H2,1-5H3,(H,76,77)(H,78,93)(H,79,94)(H,80,95)(H,81,96)(H,82,97)/t26-,27+,28+,29+,30+,31+,32+,33+,34+,35+,36+,38+,39+,40+,41+,42+,43-,44-,45-,46-,47-,48+,49+,50+,51+,52-,53+,54+,55+,56+,57+,58+,59+,60+,61+,62+,63-,64-,65-,66-,67-,68-,69-,70-,71-,72-,73-,74-,75-/m0/s1. The highest BCUT2D eigenvalue weighted by Gasteiger charge is 2.62. The van der Waals surface area contributed by atoms with E-state index >= 15 is 0 Å². The summed E-state index contributed by atoms with van der Waals surface area (Å²) in [5, 5.41) is 318. The van der Waals surface area contributed by atoms with Crippen molar-refractivity contribution in [1.82, 2.24) is 31.6 Å². The number of anilines is 1. The van der Waals surface area contributed by atoms with Crippen LogP contribution in [0.1, 0.15) is 34.6 Å². The van der Waals surface area contributed by atoms with Gasteiger partial charge in [0.2, 0.25) is 29.5 Å². The topological polar surface area (TPSA) is 883 Å². The lowest BCUT2D eigenvalue weighted by Gasteiger charge is -2.51. The zero-order valence-corrected chi connectivity index (χ0v) is 71.3. The van der Waals surface area contributed by atoms with Gasteiger partial charge in [-0.25, -0.2) is 4.98 Å².